The maximum absolute atomic E-state index is 10.6. The van der Waals surface area contributed by atoms with E-state index in [-0.39, 0.29) is 16.8 Å². The number of nitro benzene ring substituents is 1. The Kier molecular flexibility index (Phi) is 3.81. The van der Waals surface area contributed by atoms with Crippen LogP contribution in [0.2, 0.25) is 5.02 Å². The molecule has 1 aromatic rings. The molecular weight excluding hydrogens is 246 g/mol. The average Bonchev–Trinajstić information content (AvgIpc) is 2.78. The fraction of sp³-hybridized carbons (Fsp3) is 0.455. The van der Waals surface area contributed by atoms with Crippen LogP contribution in [0.1, 0.15) is 12.8 Å². The molecule has 0 saturated carbocycles. The summed E-state index contributed by atoms with van der Waals surface area (Å²) in [6.45, 7) is 1.23. The van der Waals surface area contributed by atoms with Gasteiger partial charge < -0.3 is 9.47 Å². The first-order valence-corrected chi connectivity index (χ1v) is 5.73. The molecule has 1 aliphatic rings. The van der Waals surface area contributed by atoms with Crippen LogP contribution in [0.25, 0.3) is 0 Å². The van der Waals surface area contributed by atoms with Crippen molar-refractivity contribution in [3.63, 3.8) is 0 Å². The maximum Gasteiger partial charge on any atom is 0.288 e. The molecular formula is C11H12ClNO4. The first kappa shape index (κ1) is 12.1. The number of hydrogen-bond acceptors (Lipinski definition) is 4. The van der Waals surface area contributed by atoms with Gasteiger partial charge in [-0.2, -0.15) is 0 Å². The molecule has 2 rings (SSSR count). The number of benzene rings is 1. The van der Waals surface area contributed by atoms with Crippen molar-refractivity contribution in [3.8, 4) is 5.75 Å². The minimum atomic E-state index is -0.522. The van der Waals surface area contributed by atoms with Gasteiger partial charge in [0.15, 0.2) is 0 Å². The molecule has 1 heterocycles. The standard InChI is InChI=1S/C11H12ClNO4/c12-10-6-8(3-4-11(10)13(14)15)17-7-9-2-1-5-16-9/h3-4,6,9H,1-2,5,7H2. The van der Waals surface area contributed by atoms with Crippen LogP contribution in [0, 0.1) is 10.1 Å². The van der Waals surface area contributed by atoms with Gasteiger partial charge in [0, 0.05) is 18.7 Å². The normalized spacial score (nSPS) is 19.2. The Morgan fingerprint density at radius 1 is 1.59 bits per heavy atom. The van der Waals surface area contributed by atoms with Gasteiger partial charge >= 0.3 is 0 Å². The molecule has 92 valence electrons. The van der Waals surface area contributed by atoms with E-state index in [4.69, 9.17) is 21.1 Å². The van der Waals surface area contributed by atoms with Crippen LogP contribution >= 0.6 is 11.6 Å². The summed E-state index contributed by atoms with van der Waals surface area (Å²) in [5.41, 5.74) is -0.115. The summed E-state index contributed by atoms with van der Waals surface area (Å²) in [4.78, 5) is 10.0. The van der Waals surface area contributed by atoms with Crippen LogP contribution in [0.5, 0.6) is 5.75 Å². The predicted octanol–water partition coefficient (Wildman–Crippen LogP) is 2.81. The molecule has 1 unspecified atom stereocenters. The minimum absolute atomic E-state index is 0.0832. The van der Waals surface area contributed by atoms with Crippen molar-refractivity contribution in [2.24, 2.45) is 0 Å². The lowest BCUT2D eigenvalue weighted by Crippen LogP contribution is -2.16. The zero-order valence-corrected chi connectivity index (χ0v) is 9.85. The van der Waals surface area contributed by atoms with Crippen molar-refractivity contribution in [1.82, 2.24) is 0 Å². The van der Waals surface area contributed by atoms with E-state index in [1.165, 1.54) is 12.1 Å². The highest BCUT2D eigenvalue weighted by Gasteiger charge is 2.17. The Morgan fingerprint density at radius 3 is 3.00 bits per heavy atom. The first-order chi connectivity index (χ1) is 8.16. The molecule has 1 aromatic carbocycles. The molecule has 0 aromatic heterocycles. The van der Waals surface area contributed by atoms with Crippen molar-refractivity contribution in [3.05, 3.63) is 33.3 Å². The highest BCUT2D eigenvalue weighted by Crippen LogP contribution is 2.28. The zero-order chi connectivity index (χ0) is 12.3. The van der Waals surface area contributed by atoms with E-state index in [1.807, 2.05) is 0 Å². The first-order valence-electron chi connectivity index (χ1n) is 5.35. The lowest BCUT2D eigenvalue weighted by atomic mass is 10.2. The van der Waals surface area contributed by atoms with Gasteiger partial charge in [-0.05, 0) is 18.9 Å². The molecule has 0 amide bonds. The van der Waals surface area contributed by atoms with Gasteiger partial charge in [-0.3, -0.25) is 10.1 Å². The topological polar surface area (TPSA) is 61.6 Å². The van der Waals surface area contributed by atoms with Gasteiger partial charge in [0.1, 0.15) is 17.4 Å². The number of nitro groups is 1. The van der Waals surface area contributed by atoms with Gasteiger partial charge in [-0.25, -0.2) is 0 Å². The Balaban J connectivity index is 1.97. The molecule has 0 N–H and O–H groups in total. The number of halogens is 1. The van der Waals surface area contributed by atoms with E-state index in [0.29, 0.717) is 12.4 Å². The third-order valence-electron chi connectivity index (χ3n) is 2.58. The summed E-state index contributed by atoms with van der Waals surface area (Å²) in [7, 11) is 0. The predicted molar refractivity (Wildman–Crippen MR) is 62.6 cm³/mol. The van der Waals surface area contributed by atoms with Crippen LogP contribution in [-0.4, -0.2) is 24.2 Å². The second-order valence-corrected chi connectivity index (χ2v) is 4.22. The highest BCUT2D eigenvalue weighted by molar-refractivity contribution is 6.32. The number of rotatable bonds is 4. The summed E-state index contributed by atoms with van der Waals surface area (Å²) in [6.07, 6.45) is 2.15. The van der Waals surface area contributed by atoms with Crippen LogP contribution in [-0.2, 0) is 4.74 Å². The minimum Gasteiger partial charge on any atom is -0.491 e. The summed E-state index contributed by atoms with van der Waals surface area (Å²) in [5, 5.41) is 10.6. The van der Waals surface area contributed by atoms with Crippen molar-refractivity contribution in [2.45, 2.75) is 18.9 Å². The molecule has 5 nitrogen and oxygen atoms in total. The van der Waals surface area contributed by atoms with Gasteiger partial charge in [0.25, 0.3) is 5.69 Å². The average molecular weight is 258 g/mol. The highest BCUT2D eigenvalue weighted by atomic mass is 35.5. The number of nitrogens with zero attached hydrogens (tertiary/aromatic N) is 1. The quantitative estimate of drug-likeness (QED) is 0.615. The smallest absolute Gasteiger partial charge is 0.288 e. The van der Waals surface area contributed by atoms with Crippen LogP contribution < -0.4 is 4.74 Å². The molecule has 1 aliphatic heterocycles. The molecule has 0 radical (unpaired) electrons. The van der Waals surface area contributed by atoms with Gasteiger partial charge in [0.2, 0.25) is 0 Å². The molecule has 17 heavy (non-hydrogen) atoms. The Morgan fingerprint density at radius 2 is 2.41 bits per heavy atom. The largest absolute Gasteiger partial charge is 0.491 e. The molecule has 0 spiro atoms. The van der Waals surface area contributed by atoms with Crippen LogP contribution in [0.4, 0.5) is 5.69 Å². The Labute approximate surface area is 103 Å². The second kappa shape index (κ2) is 5.33. The van der Waals surface area contributed by atoms with E-state index in [2.05, 4.69) is 0 Å². The third kappa shape index (κ3) is 3.08. The van der Waals surface area contributed by atoms with Crippen molar-refractivity contribution < 1.29 is 14.4 Å². The van der Waals surface area contributed by atoms with Crippen molar-refractivity contribution >= 4 is 17.3 Å². The van der Waals surface area contributed by atoms with E-state index < -0.39 is 4.92 Å². The summed E-state index contributed by atoms with van der Waals surface area (Å²) in [6, 6.07) is 4.33. The van der Waals surface area contributed by atoms with Gasteiger partial charge in [-0.1, -0.05) is 11.6 Å². The maximum atomic E-state index is 10.6. The van der Waals surface area contributed by atoms with Crippen LogP contribution in [0.15, 0.2) is 18.2 Å². The number of hydrogen-bond donors (Lipinski definition) is 0. The fourth-order valence-electron chi connectivity index (χ4n) is 1.69. The monoisotopic (exact) mass is 257 g/mol. The molecule has 0 bridgehead atoms. The van der Waals surface area contributed by atoms with E-state index in [9.17, 15) is 10.1 Å². The third-order valence-corrected chi connectivity index (χ3v) is 2.88. The van der Waals surface area contributed by atoms with Crippen molar-refractivity contribution in [2.75, 3.05) is 13.2 Å². The lowest BCUT2D eigenvalue weighted by molar-refractivity contribution is -0.384. The number of ether oxygens (including phenoxy) is 2. The molecule has 1 saturated heterocycles. The lowest BCUT2D eigenvalue weighted by Gasteiger charge is -2.11. The zero-order valence-electron chi connectivity index (χ0n) is 9.10. The van der Waals surface area contributed by atoms with Crippen molar-refractivity contribution in [1.29, 1.82) is 0 Å². The van der Waals surface area contributed by atoms with E-state index >= 15 is 0 Å². The SMILES string of the molecule is O=[N+]([O-])c1ccc(OCC2CCCO2)cc1Cl. The Bertz CT molecular complexity index is 418. The fourth-order valence-corrected chi connectivity index (χ4v) is 1.93. The molecule has 1 fully saturated rings. The Hall–Kier alpha value is -1.33. The summed E-state index contributed by atoms with van der Waals surface area (Å²) in [5.74, 6) is 0.524. The van der Waals surface area contributed by atoms with Gasteiger partial charge in [-0.15, -0.1) is 0 Å². The molecule has 6 heteroatoms. The molecule has 1 atom stereocenters. The molecule has 0 aliphatic carbocycles. The summed E-state index contributed by atoms with van der Waals surface area (Å²) >= 11 is 5.77. The van der Waals surface area contributed by atoms with Crippen LogP contribution in [0.3, 0.4) is 0 Å². The van der Waals surface area contributed by atoms with E-state index in [1.54, 1.807) is 6.07 Å². The second-order valence-electron chi connectivity index (χ2n) is 3.82. The van der Waals surface area contributed by atoms with Gasteiger partial charge in [0.05, 0.1) is 11.0 Å². The van der Waals surface area contributed by atoms with E-state index in [0.717, 1.165) is 19.4 Å². The summed E-state index contributed by atoms with van der Waals surface area (Å²) < 4.78 is 10.9.